The Labute approximate surface area is 290 Å². The molecule has 0 atom stereocenters. The highest BCUT2D eigenvalue weighted by atomic mass is 16.5. The molecule has 49 heavy (non-hydrogen) atoms. The number of nitrogen functional groups attached to an aromatic ring is 1. The molecule has 1 saturated carbocycles. The zero-order valence-electron chi connectivity index (χ0n) is 29.1. The number of hydrogen-bond donors (Lipinski definition) is 3. The minimum absolute atomic E-state index is 0.0185. The molecule has 2 aromatic carbocycles. The fourth-order valence-electron chi connectivity index (χ4n) is 5.70. The number of hydrazine groups is 1. The normalized spacial score (nSPS) is 15.4. The number of rotatable bonds is 17. The predicted molar refractivity (Wildman–Crippen MR) is 191 cm³/mol. The van der Waals surface area contributed by atoms with Crippen molar-refractivity contribution in [3.63, 3.8) is 0 Å². The van der Waals surface area contributed by atoms with Crippen molar-refractivity contribution in [1.82, 2.24) is 30.7 Å². The van der Waals surface area contributed by atoms with E-state index in [-0.39, 0.29) is 5.91 Å². The van der Waals surface area contributed by atoms with Crippen LogP contribution in [0.2, 0.25) is 0 Å². The Hall–Kier alpha value is -4.57. The van der Waals surface area contributed by atoms with E-state index in [1.54, 1.807) is 25.2 Å². The van der Waals surface area contributed by atoms with Crippen LogP contribution in [0.15, 0.2) is 42.6 Å². The van der Waals surface area contributed by atoms with E-state index in [0.717, 1.165) is 86.6 Å². The van der Waals surface area contributed by atoms with Gasteiger partial charge in [0.15, 0.2) is 0 Å². The number of carbonyl (C=O) groups excluding carboxylic acids is 3. The van der Waals surface area contributed by atoms with E-state index in [1.165, 1.54) is 0 Å². The summed E-state index contributed by atoms with van der Waals surface area (Å²) in [6.07, 6.45) is 11.0. The summed E-state index contributed by atoms with van der Waals surface area (Å²) in [5, 5.41) is 14.1. The third-order valence-corrected chi connectivity index (χ3v) is 8.36. The maximum absolute atomic E-state index is 12.0. The molecule has 1 amide bonds. The van der Waals surface area contributed by atoms with Crippen molar-refractivity contribution in [3.8, 4) is 28.8 Å². The number of aldehydes is 1. The molecule has 3 aromatic rings. The maximum Gasteiger partial charge on any atom is 0.234 e. The summed E-state index contributed by atoms with van der Waals surface area (Å²) in [6, 6.07) is 12.1. The van der Waals surface area contributed by atoms with Gasteiger partial charge in [-0.15, -0.1) is 5.10 Å². The number of benzene rings is 2. The Balaban J connectivity index is 0.00000319. The van der Waals surface area contributed by atoms with Crippen molar-refractivity contribution in [2.24, 2.45) is 0 Å². The molecule has 12 heteroatoms. The number of amides is 1. The number of nitrogens with two attached hydrogens (primary N) is 1. The smallest absolute Gasteiger partial charge is 0.234 e. The summed E-state index contributed by atoms with van der Waals surface area (Å²) >= 11 is 0. The summed E-state index contributed by atoms with van der Waals surface area (Å²) in [5.41, 5.74) is 13.4. The molecule has 0 unspecified atom stereocenters. The van der Waals surface area contributed by atoms with Crippen LogP contribution in [0.1, 0.15) is 92.2 Å². The largest absolute Gasteiger partial charge is 0.495 e. The number of hydrogen-bond acceptors (Lipinski definition) is 10. The van der Waals surface area contributed by atoms with Gasteiger partial charge in [-0.25, -0.2) is 9.69 Å². The zero-order valence-corrected chi connectivity index (χ0v) is 29.1. The Morgan fingerprint density at radius 2 is 1.94 bits per heavy atom. The third kappa shape index (κ3) is 12.8. The fraction of sp³-hybridized carbons (Fsp3) is 0.486. The molecule has 0 aliphatic heterocycles. The Morgan fingerprint density at radius 1 is 1.14 bits per heavy atom. The second-order valence-corrected chi connectivity index (χ2v) is 12.0. The summed E-state index contributed by atoms with van der Waals surface area (Å²) in [6.45, 7) is 6.64. The molecule has 1 aliphatic carbocycles. The number of anilines is 1. The van der Waals surface area contributed by atoms with Crippen LogP contribution >= 0.6 is 0 Å². The van der Waals surface area contributed by atoms with E-state index in [2.05, 4.69) is 39.8 Å². The van der Waals surface area contributed by atoms with Gasteiger partial charge in [-0.3, -0.25) is 15.0 Å². The highest BCUT2D eigenvalue weighted by Gasteiger charge is 2.23. The van der Waals surface area contributed by atoms with Gasteiger partial charge in [-0.2, -0.15) is 0 Å². The molecule has 264 valence electrons. The van der Waals surface area contributed by atoms with Crippen LogP contribution in [0.5, 0.6) is 5.75 Å². The molecule has 1 heterocycles. The van der Waals surface area contributed by atoms with E-state index in [1.807, 2.05) is 48.0 Å². The minimum atomic E-state index is -0.0185. The highest BCUT2D eigenvalue weighted by molar-refractivity contribution is 5.78. The SMILES string of the molecule is C=O.CCCCC(=O)NN(C)Cc1cc(C#CCCCOCCNC2CCC(n3cc(-c4ccc(N)c(OC)c4)nn3)CC2)ccc1C=O. The highest BCUT2D eigenvalue weighted by Crippen LogP contribution is 2.31. The van der Waals surface area contributed by atoms with Gasteiger partial charge in [0, 0.05) is 62.3 Å². The first-order valence-corrected chi connectivity index (χ1v) is 16.9. The van der Waals surface area contributed by atoms with Gasteiger partial charge in [0.2, 0.25) is 5.91 Å². The fourth-order valence-corrected chi connectivity index (χ4v) is 5.70. The van der Waals surface area contributed by atoms with Crippen LogP contribution in [0.4, 0.5) is 5.69 Å². The third-order valence-electron chi connectivity index (χ3n) is 8.36. The van der Waals surface area contributed by atoms with Crippen LogP contribution < -0.4 is 21.2 Å². The quantitative estimate of drug-likeness (QED) is 0.0602. The van der Waals surface area contributed by atoms with Crippen molar-refractivity contribution < 1.29 is 23.9 Å². The van der Waals surface area contributed by atoms with Crippen molar-refractivity contribution in [3.05, 3.63) is 59.3 Å². The van der Waals surface area contributed by atoms with Gasteiger partial charge < -0.3 is 25.3 Å². The van der Waals surface area contributed by atoms with Crippen LogP contribution in [-0.4, -0.2) is 78.9 Å². The molecule has 0 saturated heterocycles. The first-order valence-electron chi connectivity index (χ1n) is 16.9. The summed E-state index contributed by atoms with van der Waals surface area (Å²) in [7, 11) is 3.41. The Kier molecular flexibility index (Phi) is 17.0. The van der Waals surface area contributed by atoms with Crippen molar-refractivity contribution in [1.29, 1.82) is 0 Å². The van der Waals surface area contributed by atoms with E-state index in [4.69, 9.17) is 20.0 Å². The Bertz CT molecular complexity index is 1520. The maximum atomic E-state index is 12.0. The first kappa shape index (κ1) is 38.9. The molecule has 12 nitrogen and oxygen atoms in total. The summed E-state index contributed by atoms with van der Waals surface area (Å²) in [4.78, 5) is 31.6. The van der Waals surface area contributed by atoms with Crippen LogP contribution in [0.25, 0.3) is 11.3 Å². The first-order chi connectivity index (χ1) is 23.9. The van der Waals surface area contributed by atoms with Crippen molar-refractivity contribution in [2.75, 3.05) is 39.6 Å². The number of methoxy groups -OCH3 is 1. The molecule has 0 bridgehead atoms. The molecule has 4 N–H and O–H groups in total. The second kappa shape index (κ2) is 21.4. The van der Waals surface area contributed by atoms with Crippen LogP contribution in [0, 0.1) is 11.8 Å². The number of nitrogens with zero attached hydrogens (tertiary/aromatic N) is 4. The van der Waals surface area contributed by atoms with Gasteiger partial charge in [-0.1, -0.05) is 42.5 Å². The molecule has 0 spiro atoms. The summed E-state index contributed by atoms with van der Waals surface area (Å²) < 4.78 is 13.2. The van der Waals surface area contributed by atoms with Gasteiger partial charge in [0.25, 0.3) is 0 Å². The number of nitrogens with one attached hydrogen (secondary N) is 2. The van der Waals surface area contributed by atoms with Crippen molar-refractivity contribution >= 4 is 24.7 Å². The number of ether oxygens (including phenoxy) is 2. The van der Waals surface area contributed by atoms with Gasteiger partial charge in [0.05, 0.1) is 31.6 Å². The van der Waals surface area contributed by atoms with E-state index < -0.39 is 0 Å². The van der Waals surface area contributed by atoms with Crippen molar-refractivity contribution in [2.45, 2.75) is 83.3 Å². The summed E-state index contributed by atoms with van der Waals surface area (Å²) in [5.74, 6) is 7.03. The number of unbranched alkanes of at least 4 members (excludes halogenated alkanes) is 2. The molecule has 1 aromatic heterocycles. The van der Waals surface area contributed by atoms with E-state index in [0.29, 0.717) is 55.3 Å². The second-order valence-electron chi connectivity index (χ2n) is 12.0. The van der Waals surface area contributed by atoms with Gasteiger partial charge in [-0.05, 0) is 68.4 Å². The zero-order chi connectivity index (χ0) is 35.4. The van der Waals surface area contributed by atoms with Crippen LogP contribution in [0.3, 0.4) is 0 Å². The van der Waals surface area contributed by atoms with Gasteiger partial charge >= 0.3 is 0 Å². The lowest BCUT2D eigenvalue weighted by Gasteiger charge is -2.29. The van der Waals surface area contributed by atoms with E-state index >= 15 is 0 Å². The lowest BCUT2D eigenvalue weighted by Crippen LogP contribution is -2.38. The lowest BCUT2D eigenvalue weighted by molar-refractivity contribution is -0.125. The minimum Gasteiger partial charge on any atom is -0.495 e. The standard InChI is InChI=1S/C36H49N7O4.CH2O/c1-4-5-10-36(45)40-42(2)24-30-22-27(11-12-29(30)26-44)9-7-6-8-20-47-21-19-38-31-14-16-32(17-15-31)43-25-34(39-41-43)28-13-18-33(37)35(23-28)46-3;1-2/h11-13,18,22-23,25-26,31-32,38H,4-6,8,10,14-17,19-21,24,37H2,1-3H3,(H,40,45);1H2. The van der Waals surface area contributed by atoms with Crippen LogP contribution in [-0.2, 0) is 20.9 Å². The average molecular weight is 674 g/mol. The molecular weight excluding hydrogens is 622 g/mol. The molecule has 1 aliphatic rings. The predicted octanol–water partition coefficient (Wildman–Crippen LogP) is 4.74. The van der Waals surface area contributed by atoms with Gasteiger partial charge in [0.1, 0.15) is 24.5 Å². The monoisotopic (exact) mass is 673 g/mol. The molecular formula is C37H51N7O5. The molecule has 1 fully saturated rings. The average Bonchev–Trinajstić information content (AvgIpc) is 3.62. The Morgan fingerprint density at radius 3 is 2.67 bits per heavy atom. The molecule has 4 rings (SSSR count). The molecule has 0 radical (unpaired) electrons. The number of aromatic nitrogens is 3. The topological polar surface area (TPSA) is 154 Å². The number of carbonyl (C=O) groups is 3. The van der Waals surface area contributed by atoms with E-state index in [9.17, 15) is 9.59 Å². The lowest BCUT2D eigenvalue weighted by atomic mass is 9.91.